The fourth-order valence-electron chi connectivity index (χ4n) is 1.57. The molecule has 20 heavy (non-hydrogen) atoms. The number of benzene rings is 1. The molecule has 1 aromatic carbocycles. The van der Waals surface area contributed by atoms with Crippen molar-refractivity contribution in [2.24, 2.45) is 0 Å². The molecule has 7 heteroatoms. The SMILES string of the molecule is COCCCN(C)C(=O)CS(=O)(=O)c1ccc(Cl)cc1. The molecule has 0 radical (unpaired) electrons. The molecule has 0 aliphatic rings. The van der Waals surface area contributed by atoms with E-state index in [-0.39, 0.29) is 4.90 Å². The van der Waals surface area contributed by atoms with Gasteiger partial charge in [-0.2, -0.15) is 0 Å². The maximum absolute atomic E-state index is 12.1. The van der Waals surface area contributed by atoms with Crippen molar-refractivity contribution in [1.82, 2.24) is 4.90 Å². The Kier molecular flexibility index (Phi) is 6.45. The molecule has 0 unspecified atom stereocenters. The zero-order valence-electron chi connectivity index (χ0n) is 11.5. The largest absolute Gasteiger partial charge is 0.385 e. The quantitative estimate of drug-likeness (QED) is 0.716. The molecule has 0 N–H and O–H groups in total. The minimum absolute atomic E-state index is 0.0977. The molecule has 1 rings (SSSR count). The van der Waals surface area contributed by atoms with Crippen LogP contribution in [0.5, 0.6) is 0 Å². The average molecular weight is 320 g/mol. The molecule has 1 aromatic rings. The summed E-state index contributed by atoms with van der Waals surface area (Å²) in [5, 5.41) is 0.451. The lowest BCUT2D eigenvalue weighted by molar-refractivity contribution is -0.127. The molecular formula is C13H18ClNO4S. The van der Waals surface area contributed by atoms with Crippen molar-refractivity contribution < 1.29 is 17.9 Å². The van der Waals surface area contributed by atoms with Gasteiger partial charge in [0.15, 0.2) is 9.84 Å². The van der Waals surface area contributed by atoms with Gasteiger partial charge >= 0.3 is 0 Å². The molecule has 0 atom stereocenters. The van der Waals surface area contributed by atoms with Crippen LogP contribution in [0.1, 0.15) is 6.42 Å². The molecule has 112 valence electrons. The molecule has 0 bridgehead atoms. The van der Waals surface area contributed by atoms with Crippen molar-refractivity contribution in [3.8, 4) is 0 Å². The Labute approximate surface area is 124 Å². The number of methoxy groups -OCH3 is 1. The number of hydrogen-bond donors (Lipinski definition) is 0. The van der Waals surface area contributed by atoms with Gasteiger partial charge in [-0.1, -0.05) is 11.6 Å². The molecule has 5 nitrogen and oxygen atoms in total. The van der Waals surface area contributed by atoms with Crippen molar-refractivity contribution in [3.63, 3.8) is 0 Å². The first-order valence-corrected chi connectivity index (χ1v) is 8.11. The van der Waals surface area contributed by atoms with Crippen LogP contribution in [0.15, 0.2) is 29.2 Å². The lowest BCUT2D eigenvalue weighted by Gasteiger charge is -2.16. The molecule has 0 fully saturated rings. The Morgan fingerprint density at radius 3 is 2.45 bits per heavy atom. The molecule has 0 spiro atoms. The monoisotopic (exact) mass is 319 g/mol. The smallest absolute Gasteiger partial charge is 0.237 e. The van der Waals surface area contributed by atoms with E-state index in [1.165, 1.54) is 29.2 Å². The predicted octanol–water partition coefficient (Wildman–Crippen LogP) is 1.61. The maximum Gasteiger partial charge on any atom is 0.237 e. The van der Waals surface area contributed by atoms with E-state index in [9.17, 15) is 13.2 Å². The molecule has 1 amide bonds. The Balaban J connectivity index is 2.66. The van der Waals surface area contributed by atoms with E-state index >= 15 is 0 Å². The van der Waals surface area contributed by atoms with Gasteiger partial charge in [-0.05, 0) is 30.7 Å². The lowest BCUT2D eigenvalue weighted by Crippen LogP contribution is -2.33. The van der Waals surface area contributed by atoms with E-state index in [1.54, 1.807) is 14.2 Å². The fourth-order valence-corrected chi connectivity index (χ4v) is 2.96. The first kappa shape index (κ1) is 16.9. The van der Waals surface area contributed by atoms with Crippen LogP contribution in [0.4, 0.5) is 0 Å². The third kappa shape index (κ3) is 5.11. The van der Waals surface area contributed by atoms with Gasteiger partial charge in [-0.15, -0.1) is 0 Å². The third-order valence-corrected chi connectivity index (χ3v) is 4.62. The second kappa shape index (κ2) is 7.61. The van der Waals surface area contributed by atoms with Crippen LogP contribution in [-0.2, 0) is 19.4 Å². The summed E-state index contributed by atoms with van der Waals surface area (Å²) >= 11 is 5.71. The Bertz CT molecular complexity index is 542. The Hall–Kier alpha value is -1.11. The maximum atomic E-state index is 12.1. The molecule has 0 saturated heterocycles. The summed E-state index contributed by atoms with van der Waals surface area (Å²) in [6.45, 7) is 0.990. The Morgan fingerprint density at radius 2 is 1.90 bits per heavy atom. The molecule has 0 aliphatic heterocycles. The van der Waals surface area contributed by atoms with Gasteiger partial charge < -0.3 is 9.64 Å². The summed E-state index contributed by atoms with van der Waals surface area (Å²) in [7, 11) is -0.478. The summed E-state index contributed by atoms with van der Waals surface area (Å²) in [5.41, 5.74) is 0. The standard InChI is InChI=1S/C13H18ClNO4S/c1-15(8-3-9-19-2)13(16)10-20(17,18)12-6-4-11(14)5-7-12/h4-7H,3,8-10H2,1-2H3. The molecule has 0 heterocycles. The van der Waals surface area contributed by atoms with Crippen LogP contribution < -0.4 is 0 Å². The third-order valence-electron chi connectivity index (χ3n) is 2.75. The van der Waals surface area contributed by atoms with Crippen LogP contribution >= 0.6 is 11.6 Å². The van der Waals surface area contributed by atoms with Gasteiger partial charge in [-0.3, -0.25) is 4.79 Å². The lowest BCUT2D eigenvalue weighted by atomic mass is 10.4. The topological polar surface area (TPSA) is 63.7 Å². The van der Waals surface area contributed by atoms with E-state index in [0.29, 0.717) is 24.6 Å². The number of sulfone groups is 1. The van der Waals surface area contributed by atoms with E-state index < -0.39 is 21.5 Å². The minimum Gasteiger partial charge on any atom is -0.385 e. The second-order valence-corrected chi connectivity index (χ2v) is 6.80. The van der Waals surface area contributed by atoms with E-state index in [4.69, 9.17) is 16.3 Å². The summed E-state index contributed by atoms with van der Waals surface area (Å²) in [6, 6.07) is 5.77. The summed E-state index contributed by atoms with van der Waals surface area (Å²) in [4.78, 5) is 13.4. The highest BCUT2D eigenvalue weighted by Gasteiger charge is 2.21. The first-order valence-electron chi connectivity index (χ1n) is 6.08. The second-order valence-electron chi connectivity index (χ2n) is 4.37. The van der Waals surface area contributed by atoms with Gasteiger partial charge in [0.1, 0.15) is 5.75 Å². The van der Waals surface area contributed by atoms with Crippen LogP contribution in [0.2, 0.25) is 5.02 Å². The number of hydrogen-bond acceptors (Lipinski definition) is 4. The zero-order chi connectivity index (χ0) is 15.2. The van der Waals surface area contributed by atoms with Crippen molar-refractivity contribution in [3.05, 3.63) is 29.3 Å². The fraction of sp³-hybridized carbons (Fsp3) is 0.462. The molecule has 0 saturated carbocycles. The number of rotatable bonds is 7. The Morgan fingerprint density at radius 1 is 1.30 bits per heavy atom. The van der Waals surface area contributed by atoms with E-state index in [0.717, 1.165) is 0 Å². The van der Waals surface area contributed by atoms with Crippen molar-refractivity contribution in [2.45, 2.75) is 11.3 Å². The summed E-state index contributed by atoms with van der Waals surface area (Å²) < 4.78 is 29.0. The number of carbonyl (C=O) groups excluding carboxylic acids is 1. The highest BCUT2D eigenvalue weighted by Crippen LogP contribution is 2.15. The van der Waals surface area contributed by atoms with Crippen LogP contribution in [0.25, 0.3) is 0 Å². The van der Waals surface area contributed by atoms with Crippen molar-refractivity contribution in [2.75, 3.05) is 33.1 Å². The number of carbonyl (C=O) groups is 1. The predicted molar refractivity (Wildman–Crippen MR) is 77.6 cm³/mol. The van der Waals surface area contributed by atoms with Gasteiger partial charge in [0.05, 0.1) is 4.90 Å². The van der Waals surface area contributed by atoms with Gasteiger partial charge in [-0.25, -0.2) is 8.42 Å². The van der Waals surface area contributed by atoms with E-state index in [2.05, 4.69) is 0 Å². The highest BCUT2D eigenvalue weighted by atomic mass is 35.5. The molecule has 0 aliphatic carbocycles. The zero-order valence-corrected chi connectivity index (χ0v) is 13.1. The van der Waals surface area contributed by atoms with Crippen LogP contribution in [0, 0.1) is 0 Å². The van der Waals surface area contributed by atoms with Gasteiger partial charge in [0.2, 0.25) is 5.91 Å². The van der Waals surface area contributed by atoms with Crippen molar-refractivity contribution >= 4 is 27.3 Å². The van der Waals surface area contributed by atoms with Crippen LogP contribution in [-0.4, -0.2) is 52.3 Å². The number of ether oxygens (including phenoxy) is 1. The highest BCUT2D eigenvalue weighted by molar-refractivity contribution is 7.92. The number of halogens is 1. The van der Waals surface area contributed by atoms with Crippen LogP contribution in [0.3, 0.4) is 0 Å². The average Bonchev–Trinajstić information content (AvgIpc) is 2.38. The normalized spacial score (nSPS) is 11.3. The number of nitrogens with zero attached hydrogens (tertiary/aromatic N) is 1. The molecule has 0 aromatic heterocycles. The summed E-state index contributed by atoms with van der Waals surface area (Å²) in [6.07, 6.45) is 0.666. The first-order chi connectivity index (χ1) is 9.36. The van der Waals surface area contributed by atoms with Gasteiger partial charge in [0, 0.05) is 32.3 Å². The molecular weight excluding hydrogens is 302 g/mol. The summed E-state index contributed by atoms with van der Waals surface area (Å²) in [5.74, 6) is -0.978. The minimum atomic E-state index is -3.63. The van der Waals surface area contributed by atoms with Crippen molar-refractivity contribution in [1.29, 1.82) is 0 Å². The van der Waals surface area contributed by atoms with E-state index in [1.807, 2.05) is 0 Å². The van der Waals surface area contributed by atoms with Gasteiger partial charge in [0.25, 0.3) is 0 Å². The number of amides is 1.